The van der Waals surface area contributed by atoms with Crippen molar-refractivity contribution in [3.05, 3.63) is 124 Å². The first-order valence-electron chi connectivity index (χ1n) is 12.8. The molecule has 0 radical (unpaired) electrons. The van der Waals surface area contributed by atoms with Crippen LogP contribution in [-0.4, -0.2) is 25.0 Å². The molecule has 1 aromatic heterocycles. The van der Waals surface area contributed by atoms with E-state index < -0.39 is 12.0 Å². The van der Waals surface area contributed by atoms with Crippen molar-refractivity contribution in [1.29, 1.82) is 0 Å². The summed E-state index contributed by atoms with van der Waals surface area (Å²) in [5.41, 5.74) is 5.25. The molecule has 0 saturated heterocycles. The number of methoxy groups -OCH3 is 1. The van der Waals surface area contributed by atoms with Crippen LogP contribution in [0.5, 0.6) is 5.75 Å². The van der Waals surface area contributed by atoms with Crippen molar-refractivity contribution in [2.75, 3.05) is 7.11 Å². The molecule has 0 fully saturated rings. The molecule has 5 rings (SSSR count). The number of nitrogens with one attached hydrogen (secondary N) is 1. The standard InChI is InChI=1S/C33H28ClNO4S/c1-21-3-5-23(6-4-21)20-39-28-14-7-22(8-15-28)17-29(33(37)38-2)35-32(36)31-19-26-18-25(11-16-30(26)40-31)24-9-12-27(34)13-10-24/h3-16,18-19,29H,17,20H2,1-2H3,(H,35,36). The maximum atomic E-state index is 13.2. The van der Waals surface area contributed by atoms with Gasteiger partial charge in [-0.2, -0.15) is 0 Å². The normalized spacial score (nSPS) is 11.7. The Kier molecular flexibility index (Phi) is 8.48. The highest BCUT2D eigenvalue weighted by molar-refractivity contribution is 7.20. The lowest BCUT2D eigenvalue weighted by atomic mass is 10.0. The smallest absolute Gasteiger partial charge is 0.328 e. The van der Waals surface area contributed by atoms with E-state index in [-0.39, 0.29) is 5.91 Å². The average Bonchev–Trinajstić information content (AvgIpc) is 3.41. The molecule has 202 valence electrons. The number of aryl methyl sites for hydroxylation is 1. The molecule has 5 nitrogen and oxygen atoms in total. The molecule has 40 heavy (non-hydrogen) atoms. The van der Waals surface area contributed by atoms with Crippen molar-refractivity contribution in [3.8, 4) is 16.9 Å². The third-order valence-electron chi connectivity index (χ3n) is 6.60. The van der Waals surface area contributed by atoms with Gasteiger partial charge in [0.05, 0.1) is 12.0 Å². The van der Waals surface area contributed by atoms with Gasteiger partial charge in [0.1, 0.15) is 18.4 Å². The molecule has 1 atom stereocenters. The predicted octanol–water partition coefficient (Wildman–Crippen LogP) is 7.62. The fraction of sp³-hybridized carbons (Fsp3) is 0.152. The van der Waals surface area contributed by atoms with E-state index in [2.05, 4.69) is 24.4 Å². The van der Waals surface area contributed by atoms with E-state index in [4.69, 9.17) is 21.1 Å². The third kappa shape index (κ3) is 6.71. The molecule has 1 amide bonds. The zero-order chi connectivity index (χ0) is 28.1. The molecule has 0 aliphatic rings. The second kappa shape index (κ2) is 12.4. The van der Waals surface area contributed by atoms with Gasteiger partial charge in [0.15, 0.2) is 0 Å². The number of esters is 1. The van der Waals surface area contributed by atoms with Crippen molar-refractivity contribution >= 4 is 44.9 Å². The number of hydrogen-bond donors (Lipinski definition) is 1. The third-order valence-corrected chi connectivity index (χ3v) is 7.96. The minimum absolute atomic E-state index is 0.294. The molecule has 5 aromatic rings. The number of fused-ring (bicyclic) bond motifs is 1. The Morgan fingerprint density at radius 3 is 2.23 bits per heavy atom. The van der Waals surface area contributed by atoms with Gasteiger partial charge >= 0.3 is 5.97 Å². The maximum Gasteiger partial charge on any atom is 0.328 e. The fourth-order valence-corrected chi connectivity index (χ4v) is 5.42. The highest BCUT2D eigenvalue weighted by Gasteiger charge is 2.24. The Balaban J connectivity index is 1.25. The van der Waals surface area contributed by atoms with Crippen LogP contribution in [0, 0.1) is 6.92 Å². The van der Waals surface area contributed by atoms with Gasteiger partial charge in [0, 0.05) is 16.1 Å². The van der Waals surface area contributed by atoms with Crippen LogP contribution >= 0.6 is 22.9 Å². The van der Waals surface area contributed by atoms with Gasteiger partial charge in [-0.25, -0.2) is 4.79 Å². The molecular formula is C33H28ClNO4S. The minimum Gasteiger partial charge on any atom is -0.489 e. The number of ether oxygens (including phenoxy) is 2. The lowest BCUT2D eigenvalue weighted by molar-refractivity contribution is -0.142. The molecule has 4 aromatic carbocycles. The number of halogens is 1. The van der Waals surface area contributed by atoms with E-state index in [0.29, 0.717) is 22.9 Å². The number of hydrogen-bond acceptors (Lipinski definition) is 5. The van der Waals surface area contributed by atoms with Crippen LogP contribution in [0.3, 0.4) is 0 Å². The number of amides is 1. The van der Waals surface area contributed by atoms with Crippen LogP contribution in [0.15, 0.2) is 97.1 Å². The lowest BCUT2D eigenvalue weighted by Crippen LogP contribution is -2.42. The SMILES string of the molecule is COC(=O)C(Cc1ccc(OCc2ccc(C)cc2)cc1)NC(=O)c1cc2cc(-c3ccc(Cl)cc3)ccc2s1. The van der Waals surface area contributed by atoms with E-state index in [0.717, 1.165) is 38.1 Å². The van der Waals surface area contributed by atoms with Gasteiger partial charge in [0.25, 0.3) is 5.91 Å². The largest absolute Gasteiger partial charge is 0.489 e. The average molecular weight is 570 g/mol. The van der Waals surface area contributed by atoms with Gasteiger partial charge in [-0.05, 0) is 77.0 Å². The van der Waals surface area contributed by atoms with Crippen LogP contribution in [-0.2, 0) is 22.6 Å². The number of rotatable bonds is 9. The maximum absolute atomic E-state index is 13.2. The van der Waals surface area contributed by atoms with Crippen LogP contribution in [0.4, 0.5) is 0 Å². The van der Waals surface area contributed by atoms with Gasteiger partial charge in [0.2, 0.25) is 0 Å². The fourth-order valence-electron chi connectivity index (χ4n) is 4.35. The summed E-state index contributed by atoms with van der Waals surface area (Å²) in [6.07, 6.45) is 0.294. The van der Waals surface area contributed by atoms with Crippen LogP contribution in [0.1, 0.15) is 26.4 Å². The first kappa shape index (κ1) is 27.4. The molecule has 7 heteroatoms. The van der Waals surface area contributed by atoms with Crippen LogP contribution in [0.2, 0.25) is 5.02 Å². The van der Waals surface area contributed by atoms with Gasteiger partial charge < -0.3 is 14.8 Å². The topological polar surface area (TPSA) is 64.6 Å². The summed E-state index contributed by atoms with van der Waals surface area (Å²) in [6.45, 7) is 2.52. The molecule has 0 aliphatic heterocycles. The number of carbonyl (C=O) groups excluding carboxylic acids is 2. The molecule has 0 bridgehead atoms. The van der Waals surface area contributed by atoms with Gasteiger partial charge in [-0.3, -0.25) is 4.79 Å². The second-order valence-electron chi connectivity index (χ2n) is 9.54. The molecule has 1 unspecified atom stereocenters. The minimum atomic E-state index is -0.827. The summed E-state index contributed by atoms with van der Waals surface area (Å²) < 4.78 is 11.9. The van der Waals surface area contributed by atoms with E-state index in [9.17, 15) is 9.59 Å². The molecule has 1 N–H and O–H groups in total. The Bertz CT molecular complexity index is 1630. The number of carbonyl (C=O) groups is 2. The predicted molar refractivity (Wildman–Crippen MR) is 161 cm³/mol. The Hall–Kier alpha value is -4.13. The summed E-state index contributed by atoms with van der Waals surface area (Å²) in [5.74, 6) is -0.0897. The van der Waals surface area contributed by atoms with Crippen molar-refractivity contribution in [1.82, 2.24) is 5.32 Å². The Morgan fingerprint density at radius 2 is 1.52 bits per heavy atom. The summed E-state index contributed by atoms with van der Waals surface area (Å²) >= 11 is 7.40. The zero-order valence-electron chi connectivity index (χ0n) is 22.1. The van der Waals surface area contributed by atoms with Crippen LogP contribution < -0.4 is 10.1 Å². The Labute approximate surface area is 242 Å². The molecular weight excluding hydrogens is 542 g/mol. The van der Waals surface area contributed by atoms with Crippen molar-refractivity contribution in [2.45, 2.75) is 26.0 Å². The molecule has 0 saturated carbocycles. The van der Waals surface area contributed by atoms with E-state index in [1.165, 1.54) is 24.0 Å². The molecule has 0 aliphatic carbocycles. The second-order valence-corrected chi connectivity index (χ2v) is 11.1. The highest BCUT2D eigenvalue weighted by atomic mass is 35.5. The summed E-state index contributed by atoms with van der Waals surface area (Å²) in [6, 6.07) is 30.4. The quantitative estimate of drug-likeness (QED) is 0.185. The van der Waals surface area contributed by atoms with E-state index in [1.54, 1.807) is 0 Å². The zero-order valence-corrected chi connectivity index (χ0v) is 23.7. The monoisotopic (exact) mass is 569 g/mol. The number of thiophene rings is 1. The van der Waals surface area contributed by atoms with E-state index >= 15 is 0 Å². The molecule has 1 heterocycles. The highest BCUT2D eigenvalue weighted by Crippen LogP contribution is 2.31. The van der Waals surface area contributed by atoms with Crippen molar-refractivity contribution in [3.63, 3.8) is 0 Å². The van der Waals surface area contributed by atoms with Crippen LogP contribution in [0.25, 0.3) is 21.2 Å². The van der Waals surface area contributed by atoms with Gasteiger partial charge in [-0.1, -0.05) is 71.8 Å². The molecule has 0 spiro atoms. The van der Waals surface area contributed by atoms with Crippen molar-refractivity contribution < 1.29 is 19.1 Å². The summed E-state index contributed by atoms with van der Waals surface area (Å²) in [5, 5.41) is 4.50. The van der Waals surface area contributed by atoms with E-state index in [1.807, 2.05) is 84.9 Å². The first-order chi connectivity index (χ1) is 19.4. The van der Waals surface area contributed by atoms with Crippen molar-refractivity contribution in [2.24, 2.45) is 0 Å². The lowest BCUT2D eigenvalue weighted by Gasteiger charge is -2.16. The summed E-state index contributed by atoms with van der Waals surface area (Å²) in [4.78, 5) is 26.3. The Morgan fingerprint density at radius 1 is 0.850 bits per heavy atom. The summed E-state index contributed by atoms with van der Waals surface area (Å²) in [7, 11) is 1.32. The number of benzene rings is 4. The first-order valence-corrected chi connectivity index (χ1v) is 14.0. The van der Waals surface area contributed by atoms with Gasteiger partial charge in [-0.15, -0.1) is 11.3 Å².